The van der Waals surface area contributed by atoms with E-state index in [9.17, 15) is 4.79 Å². The van der Waals surface area contributed by atoms with Crippen LogP contribution in [0.3, 0.4) is 0 Å². The molecule has 3 nitrogen and oxygen atoms in total. The Morgan fingerprint density at radius 2 is 1.80 bits per heavy atom. The molecule has 0 unspecified atom stereocenters. The lowest BCUT2D eigenvalue weighted by Gasteiger charge is -2.04. The second kappa shape index (κ2) is 8.36. The molecule has 124 valence electrons. The van der Waals surface area contributed by atoms with Crippen LogP contribution in [0.4, 0.5) is 0 Å². The van der Waals surface area contributed by atoms with Gasteiger partial charge in [-0.05, 0) is 41.1 Å². The van der Waals surface area contributed by atoms with Gasteiger partial charge in [0.15, 0.2) is 0 Å². The standard InChI is InChI=1S/C21H16BrNO2/c22-19-8-5-9-20(15-19)25-13-4-3-12-23-21(24)18-11-10-16-6-1-2-7-17(16)14-18/h1-2,5-11,14-15H,12-13H2,(H,23,24). The Bertz CT molecular complexity index is 957. The lowest BCUT2D eigenvalue weighted by molar-refractivity contribution is 0.0959. The first-order valence-corrected chi connectivity index (χ1v) is 8.63. The minimum absolute atomic E-state index is 0.132. The van der Waals surface area contributed by atoms with Gasteiger partial charge in [0.25, 0.3) is 5.91 Å². The first-order valence-electron chi connectivity index (χ1n) is 7.83. The molecule has 0 aliphatic carbocycles. The Hall–Kier alpha value is -2.77. The number of nitrogens with one attached hydrogen (secondary N) is 1. The summed E-state index contributed by atoms with van der Waals surface area (Å²) in [6.07, 6.45) is 0. The van der Waals surface area contributed by atoms with Crippen molar-refractivity contribution in [2.45, 2.75) is 0 Å². The molecule has 0 aliphatic heterocycles. The van der Waals surface area contributed by atoms with Crippen molar-refractivity contribution < 1.29 is 9.53 Å². The van der Waals surface area contributed by atoms with E-state index in [0.29, 0.717) is 5.56 Å². The van der Waals surface area contributed by atoms with Gasteiger partial charge in [0.2, 0.25) is 0 Å². The highest BCUT2D eigenvalue weighted by atomic mass is 79.9. The fourth-order valence-electron chi connectivity index (χ4n) is 2.35. The summed E-state index contributed by atoms with van der Waals surface area (Å²) in [6, 6.07) is 21.2. The van der Waals surface area contributed by atoms with Crippen LogP contribution in [-0.4, -0.2) is 19.1 Å². The zero-order chi connectivity index (χ0) is 17.5. The van der Waals surface area contributed by atoms with Crippen molar-refractivity contribution in [2.24, 2.45) is 0 Å². The third kappa shape index (κ3) is 4.85. The van der Waals surface area contributed by atoms with E-state index in [-0.39, 0.29) is 19.1 Å². The van der Waals surface area contributed by atoms with E-state index in [1.807, 2.05) is 66.7 Å². The van der Waals surface area contributed by atoms with Crippen molar-refractivity contribution in [1.82, 2.24) is 5.32 Å². The van der Waals surface area contributed by atoms with Gasteiger partial charge in [0, 0.05) is 10.0 Å². The van der Waals surface area contributed by atoms with Gasteiger partial charge < -0.3 is 10.1 Å². The Morgan fingerprint density at radius 3 is 2.64 bits per heavy atom. The molecule has 0 radical (unpaired) electrons. The lowest BCUT2D eigenvalue weighted by atomic mass is 10.1. The number of hydrogen-bond donors (Lipinski definition) is 1. The molecule has 0 aliphatic rings. The van der Waals surface area contributed by atoms with Crippen molar-refractivity contribution in [2.75, 3.05) is 13.2 Å². The summed E-state index contributed by atoms with van der Waals surface area (Å²) < 4.78 is 6.47. The molecule has 1 N–H and O–H groups in total. The molecule has 1 amide bonds. The molecule has 4 heteroatoms. The molecule has 0 spiro atoms. The molecule has 0 fully saturated rings. The molecular weight excluding hydrogens is 378 g/mol. The number of hydrogen-bond acceptors (Lipinski definition) is 2. The van der Waals surface area contributed by atoms with E-state index in [2.05, 4.69) is 33.1 Å². The first-order chi connectivity index (χ1) is 12.2. The summed E-state index contributed by atoms with van der Waals surface area (Å²) in [5.41, 5.74) is 0.630. The van der Waals surface area contributed by atoms with Gasteiger partial charge in [0.1, 0.15) is 12.4 Å². The zero-order valence-electron chi connectivity index (χ0n) is 13.5. The summed E-state index contributed by atoms with van der Waals surface area (Å²) in [4.78, 5) is 12.2. The highest BCUT2D eigenvalue weighted by molar-refractivity contribution is 9.10. The number of carbonyl (C=O) groups excluding carboxylic acids is 1. The predicted octanol–water partition coefficient (Wildman–Crippen LogP) is 4.41. The number of ether oxygens (including phenoxy) is 1. The van der Waals surface area contributed by atoms with E-state index < -0.39 is 0 Å². The van der Waals surface area contributed by atoms with Gasteiger partial charge in [-0.1, -0.05) is 64.2 Å². The minimum Gasteiger partial charge on any atom is -0.481 e. The Morgan fingerprint density at radius 1 is 0.960 bits per heavy atom. The topological polar surface area (TPSA) is 38.3 Å². The van der Waals surface area contributed by atoms with Crippen LogP contribution in [0.5, 0.6) is 5.75 Å². The number of carbonyl (C=O) groups is 1. The van der Waals surface area contributed by atoms with Gasteiger partial charge in [0.05, 0.1) is 6.54 Å². The smallest absolute Gasteiger partial charge is 0.252 e. The van der Waals surface area contributed by atoms with Crippen molar-refractivity contribution >= 4 is 32.6 Å². The van der Waals surface area contributed by atoms with Crippen molar-refractivity contribution in [3.05, 3.63) is 76.8 Å². The predicted molar refractivity (Wildman–Crippen MR) is 104 cm³/mol. The number of halogens is 1. The Kier molecular flexibility index (Phi) is 5.71. The average molecular weight is 394 g/mol. The van der Waals surface area contributed by atoms with E-state index in [1.54, 1.807) is 0 Å². The largest absolute Gasteiger partial charge is 0.481 e. The summed E-state index contributed by atoms with van der Waals surface area (Å²) in [6.45, 7) is 0.565. The summed E-state index contributed by atoms with van der Waals surface area (Å²) in [5.74, 6) is 6.40. The number of benzene rings is 3. The minimum atomic E-state index is -0.132. The van der Waals surface area contributed by atoms with Crippen LogP contribution < -0.4 is 10.1 Å². The van der Waals surface area contributed by atoms with E-state index in [0.717, 1.165) is 21.0 Å². The summed E-state index contributed by atoms with van der Waals surface area (Å²) >= 11 is 3.39. The third-order valence-electron chi connectivity index (χ3n) is 3.58. The maximum Gasteiger partial charge on any atom is 0.252 e. The molecule has 3 aromatic carbocycles. The van der Waals surface area contributed by atoms with E-state index >= 15 is 0 Å². The number of amides is 1. The molecule has 25 heavy (non-hydrogen) atoms. The molecule has 3 rings (SSSR count). The molecule has 0 atom stereocenters. The molecular formula is C21H16BrNO2. The average Bonchev–Trinajstić information content (AvgIpc) is 2.64. The maximum atomic E-state index is 12.2. The molecule has 0 bridgehead atoms. The van der Waals surface area contributed by atoms with Crippen LogP contribution >= 0.6 is 15.9 Å². The van der Waals surface area contributed by atoms with Crippen LogP contribution in [0.15, 0.2) is 71.2 Å². The number of fused-ring (bicyclic) bond motifs is 1. The zero-order valence-corrected chi connectivity index (χ0v) is 15.0. The van der Waals surface area contributed by atoms with Gasteiger partial charge in [-0.2, -0.15) is 0 Å². The molecule has 0 heterocycles. The highest BCUT2D eigenvalue weighted by Gasteiger charge is 2.04. The molecule has 0 aromatic heterocycles. The van der Waals surface area contributed by atoms with E-state index in [4.69, 9.17) is 4.74 Å². The monoisotopic (exact) mass is 393 g/mol. The second-order valence-electron chi connectivity index (χ2n) is 5.34. The Balaban J connectivity index is 1.49. The molecule has 3 aromatic rings. The van der Waals surface area contributed by atoms with Crippen molar-refractivity contribution in [3.8, 4) is 17.6 Å². The van der Waals surface area contributed by atoms with Gasteiger partial charge in [-0.25, -0.2) is 0 Å². The quantitative estimate of drug-likeness (QED) is 0.666. The molecule has 0 saturated carbocycles. The van der Waals surface area contributed by atoms with E-state index in [1.165, 1.54) is 0 Å². The third-order valence-corrected chi connectivity index (χ3v) is 4.07. The first kappa shape index (κ1) is 17.1. The summed E-state index contributed by atoms with van der Waals surface area (Å²) in [7, 11) is 0. The lowest BCUT2D eigenvalue weighted by Crippen LogP contribution is -2.23. The Labute approximate surface area is 155 Å². The number of rotatable bonds is 4. The normalized spacial score (nSPS) is 9.96. The van der Waals surface area contributed by atoms with Crippen molar-refractivity contribution in [1.29, 1.82) is 0 Å². The summed E-state index contributed by atoms with van der Waals surface area (Å²) in [5, 5.41) is 4.96. The van der Waals surface area contributed by atoms with Crippen molar-refractivity contribution in [3.63, 3.8) is 0 Å². The fourth-order valence-corrected chi connectivity index (χ4v) is 2.73. The van der Waals surface area contributed by atoms with Crippen LogP contribution in [0, 0.1) is 11.8 Å². The highest BCUT2D eigenvalue weighted by Crippen LogP contribution is 2.17. The van der Waals surface area contributed by atoms with Gasteiger partial charge in [-0.3, -0.25) is 4.79 Å². The van der Waals surface area contributed by atoms with Gasteiger partial charge >= 0.3 is 0 Å². The van der Waals surface area contributed by atoms with Crippen LogP contribution in [0.1, 0.15) is 10.4 Å². The van der Waals surface area contributed by atoms with Crippen LogP contribution in [0.25, 0.3) is 10.8 Å². The maximum absolute atomic E-state index is 12.2. The van der Waals surface area contributed by atoms with Crippen LogP contribution in [-0.2, 0) is 0 Å². The van der Waals surface area contributed by atoms with Gasteiger partial charge in [-0.15, -0.1) is 0 Å². The SMILES string of the molecule is O=C(NCC#CCOc1cccc(Br)c1)c1ccc2ccccc2c1. The second-order valence-corrected chi connectivity index (χ2v) is 6.26. The molecule has 0 saturated heterocycles. The fraction of sp³-hybridized carbons (Fsp3) is 0.0952. The van der Waals surface area contributed by atoms with Crippen LogP contribution in [0.2, 0.25) is 0 Å².